The van der Waals surface area contributed by atoms with Crippen molar-refractivity contribution in [1.82, 2.24) is 4.90 Å². The fraction of sp³-hybridized carbons (Fsp3) is 0.250. The van der Waals surface area contributed by atoms with E-state index in [1.165, 1.54) is 19.2 Å². The number of amides is 2. The zero-order chi connectivity index (χ0) is 13.3. The highest BCUT2D eigenvalue weighted by atomic mass is 19.1. The molecule has 0 bridgehead atoms. The number of rotatable bonds is 2. The Labute approximate surface area is 103 Å². The van der Waals surface area contributed by atoms with Crippen LogP contribution in [0.2, 0.25) is 0 Å². The summed E-state index contributed by atoms with van der Waals surface area (Å²) in [6.45, 7) is 0. The minimum absolute atomic E-state index is 0.0354. The number of likely N-dealkylation sites (N-methyl/N-ethyl adjacent to an activating group) is 1. The molecular weight excluding hydrogens is 237 g/mol. The van der Waals surface area contributed by atoms with E-state index in [1.54, 1.807) is 0 Å². The van der Waals surface area contributed by atoms with E-state index in [0.29, 0.717) is 5.69 Å². The van der Waals surface area contributed by atoms with Gasteiger partial charge in [-0.15, -0.1) is 0 Å². The normalized spacial score (nSPS) is 18.9. The molecule has 6 heteroatoms. The smallest absolute Gasteiger partial charge is 0.251 e. The van der Waals surface area contributed by atoms with Gasteiger partial charge in [0.25, 0.3) is 5.91 Å². The third-order valence-corrected chi connectivity index (χ3v) is 2.75. The van der Waals surface area contributed by atoms with Gasteiger partial charge in [0, 0.05) is 12.7 Å². The van der Waals surface area contributed by atoms with Crippen molar-refractivity contribution in [1.29, 1.82) is 5.26 Å². The predicted octanol–water partition coefficient (Wildman–Crippen LogP) is 0.867. The number of nitrogens with zero attached hydrogens (tertiary/aromatic N) is 2. The number of imide groups is 1. The Kier molecular flexibility index (Phi) is 2.98. The fourth-order valence-electron chi connectivity index (χ4n) is 1.81. The van der Waals surface area contributed by atoms with Gasteiger partial charge < -0.3 is 5.32 Å². The zero-order valence-electron chi connectivity index (χ0n) is 9.61. The average molecular weight is 247 g/mol. The van der Waals surface area contributed by atoms with E-state index in [4.69, 9.17) is 5.26 Å². The Balaban J connectivity index is 2.20. The molecule has 1 atom stereocenters. The number of carbonyl (C=O) groups excluding carboxylic acids is 2. The lowest BCUT2D eigenvalue weighted by molar-refractivity contribution is -0.136. The summed E-state index contributed by atoms with van der Waals surface area (Å²) in [6, 6.07) is 4.82. The van der Waals surface area contributed by atoms with Gasteiger partial charge in [0.1, 0.15) is 11.9 Å². The highest BCUT2D eigenvalue weighted by molar-refractivity contribution is 6.06. The molecule has 0 aromatic heterocycles. The molecule has 1 saturated heterocycles. The van der Waals surface area contributed by atoms with Crippen LogP contribution < -0.4 is 5.32 Å². The van der Waals surface area contributed by atoms with Crippen LogP contribution in [0, 0.1) is 17.1 Å². The fourth-order valence-corrected chi connectivity index (χ4v) is 1.81. The van der Waals surface area contributed by atoms with Crippen molar-refractivity contribution in [3.05, 3.63) is 29.6 Å². The van der Waals surface area contributed by atoms with E-state index in [-0.39, 0.29) is 23.8 Å². The number of anilines is 1. The number of nitriles is 1. The monoisotopic (exact) mass is 247 g/mol. The first-order valence-corrected chi connectivity index (χ1v) is 5.29. The van der Waals surface area contributed by atoms with Crippen molar-refractivity contribution in [2.45, 2.75) is 12.5 Å². The molecule has 0 aliphatic carbocycles. The standard InChI is InChI=1S/C12H10FN3O2/c1-16-11(17)5-10(12(16)18)15-9-3-7(6-14)2-8(13)4-9/h2-4,10,15H,5H2,1H3. The first kappa shape index (κ1) is 12.0. The molecule has 1 aromatic rings. The van der Waals surface area contributed by atoms with Gasteiger partial charge >= 0.3 is 0 Å². The number of halogens is 1. The summed E-state index contributed by atoms with van der Waals surface area (Å²) >= 11 is 0. The summed E-state index contributed by atoms with van der Waals surface area (Å²) < 4.78 is 13.2. The molecule has 1 N–H and O–H groups in total. The van der Waals surface area contributed by atoms with Gasteiger partial charge in [-0.05, 0) is 18.2 Å². The Bertz CT molecular complexity index is 565. The Morgan fingerprint density at radius 1 is 1.44 bits per heavy atom. The van der Waals surface area contributed by atoms with Gasteiger partial charge in [-0.3, -0.25) is 14.5 Å². The lowest BCUT2D eigenvalue weighted by atomic mass is 10.2. The summed E-state index contributed by atoms with van der Waals surface area (Å²) in [5.41, 5.74) is 0.468. The zero-order valence-corrected chi connectivity index (χ0v) is 9.61. The minimum atomic E-state index is -0.698. The molecule has 1 aliphatic heterocycles. The van der Waals surface area contributed by atoms with Crippen LogP contribution in [0.25, 0.3) is 0 Å². The van der Waals surface area contributed by atoms with Crippen LogP contribution in [0.15, 0.2) is 18.2 Å². The Morgan fingerprint density at radius 2 is 2.17 bits per heavy atom. The number of hydrogen-bond donors (Lipinski definition) is 1. The van der Waals surface area contributed by atoms with Gasteiger partial charge in [0.05, 0.1) is 18.1 Å². The van der Waals surface area contributed by atoms with Crippen LogP contribution in [0.5, 0.6) is 0 Å². The predicted molar refractivity (Wildman–Crippen MR) is 60.9 cm³/mol. The molecule has 2 rings (SSSR count). The summed E-state index contributed by atoms with van der Waals surface area (Å²) in [6.07, 6.45) is 0.0354. The molecule has 1 fully saturated rings. The third kappa shape index (κ3) is 2.15. The molecule has 1 aromatic carbocycles. The van der Waals surface area contributed by atoms with E-state index >= 15 is 0 Å². The molecule has 0 radical (unpaired) electrons. The molecule has 1 heterocycles. The van der Waals surface area contributed by atoms with Crippen molar-refractivity contribution in [3.8, 4) is 6.07 Å². The molecule has 0 spiro atoms. The molecular formula is C12H10FN3O2. The highest BCUT2D eigenvalue weighted by Crippen LogP contribution is 2.19. The molecule has 92 valence electrons. The van der Waals surface area contributed by atoms with Crippen LogP contribution in [0.1, 0.15) is 12.0 Å². The highest BCUT2D eigenvalue weighted by Gasteiger charge is 2.35. The van der Waals surface area contributed by atoms with Crippen molar-refractivity contribution < 1.29 is 14.0 Å². The Hall–Kier alpha value is -2.42. The lowest BCUT2D eigenvalue weighted by Gasteiger charge is -2.12. The van der Waals surface area contributed by atoms with E-state index in [2.05, 4.69) is 5.32 Å². The Morgan fingerprint density at radius 3 is 2.72 bits per heavy atom. The van der Waals surface area contributed by atoms with Gasteiger partial charge in [-0.25, -0.2) is 4.39 Å². The summed E-state index contributed by atoms with van der Waals surface area (Å²) in [5.74, 6) is -1.21. The number of hydrogen-bond acceptors (Lipinski definition) is 4. The molecule has 0 saturated carbocycles. The molecule has 1 unspecified atom stereocenters. The summed E-state index contributed by atoms with van der Waals surface area (Å²) in [4.78, 5) is 24.0. The first-order chi connectivity index (χ1) is 8.51. The van der Waals surface area contributed by atoms with Crippen molar-refractivity contribution >= 4 is 17.5 Å². The maximum absolute atomic E-state index is 13.2. The number of carbonyl (C=O) groups is 2. The maximum atomic E-state index is 13.2. The van der Waals surface area contributed by atoms with Crippen LogP contribution in [0.4, 0.5) is 10.1 Å². The lowest BCUT2D eigenvalue weighted by Crippen LogP contribution is -2.31. The maximum Gasteiger partial charge on any atom is 0.251 e. The quantitative estimate of drug-likeness (QED) is 0.787. The summed E-state index contributed by atoms with van der Waals surface area (Å²) in [5, 5.41) is 11.5. The third-order valence-electron chi connectivity index (χ3n) is 2.75. The van der Waals surface area contributed by atoms with E-state index in [0.717, 1.165) is 11.0 Å². The van der Waals surface area contributed by atoms with Crippen molar-refractivity contribution in [2.75, 3.05) is 12.4 Å². The first-order valence-electron chi connectivity index (χ1n) is 5.29. The average Bonchev–Trinajstić information content (AvgIpc) is 2.56. The number of nitrogens with one attached hydrogen (secondary N) is 1. The van der Waals surface area contributed by atoms with Crippen LogP contribution in [-0.2, 0) is 9.59 Å². The minimum Gasteiger partial charge on any atom is -0.373 e. The molecule has 1 aliphatic rings. The molecule has 18 heavy (non-hydrogen) atoms. The topological polar surface area (TPSA) is 73.2 Å². The molecule has 2 amide bonds. The second-order valence-electron chi connectivity index (χ2n) is 4.03. The van der Waals surface area contributed by atoms with Crippen LogP contribution in [-0.4, -0.2) is 29.8 Å². The van der Waals surface area contributed by atoms with Gasteiger partial charge in [0.2, 0.25) is 5.91 Å². The second kappa shape index (κ2) is 4.45. The van der Waals surface area contributed by atoms with Gasteiger partial charge in [0.15, 0.2) is 0 Å². The van der Waals surface area contributed by atoms with E-state index in [1.807, 2.05) is 6.07 Å². The van der Waals surface area contributed by atoms with E-state index in [9.17, 15) is 14.0 Å². The van der Waals surface area contributed by atoms with Crippen LogP contribution in [0.3, 0.4) is 0 Å². The second-order valence-corrected chi connectivity index (χ2v) is 4.03. The van der Waals surface area contributed by atoms with Gasteiger partial charge in [-0.2, -0.15) is 5.26 Å². The number of benzene rings is 1. The van der Waals surface area contributed by atoms with E-state index < -0.39 is 11.9 Å². The largest absolute Gasteiger partial charge is 0.373 e. The summed E-state index contributed by atoms with van der Waals surface area (Å²) in [7, 11) is 1.40. The molecule has 5 nitrogen and oxygen atoms in total. The van der Waals surface area contributed by atoms with Crippen molar-refractivity contribution in [3.63, 3.8) is 0 Å². The van der Waals surface area contributed by atoms with Crippen LogP contribution >= 0.6 is 0 Å². The number of likely N-dealkylation sites (tertiary alicyclic amines) is 1. The SMILES string of the molecule is CN1C(=O)CC(Nc2cc(F)cc(C#N)c2)C1=O. The van der Waals surface area contributed by atoms with Crippen molar-refractivity contribution in [2.24, 2.45) is 0 Å². The van der Waals surface area contributed by atoms with Gasteiger partial charge in [-0.1, -0.05) is 0 Å².